The largest absolute Gasteiger partial charge is 0.312 e. The highest BCUT2D eigenvalue weighted by Crippen LogP contribution is 2.10. The second-order valence-electron chi connectivity index (χ2n) is 3.68. The van der Waals surface area contributed by atoms with Gasteiger partial charge in [0.2, 0.25) is 0 Å². The van der Waals surface area contributed by atoms with E-state index in [0.29, 0.717) is 0 Å². The first kappa shape index (κ1) is 11.6. The highest BCUT2D eigenvalue weighted by atomic mass is 32.1. The van der Waals surface area contributed by atoms with E-state index in [2.05, 4.69) is 29.3 Å². The van der Waals surface area contributed by atoms with Gasteiger partial charge in [-0.05, 0) is 40.5 Å². The van der Waals surface area contributed by atoms with Gasteiger partial charge in [-0.15, -0.1) is 11.3 Å². The molecule has 14 heavy (non-hydrogen) atoms. The van der Waals surface area contributed by atoms with E-state index in [-0.39, 0.29) is 0 Å². The summed E-state index contributed by atoms with van der Waals surface area (Å²) in [6.45, 7) is 5.23. The molecule has 0 amide bonds. The lowest BCUT2D eigenvalue weighted by atomic mass is 10.4. The molecule has 0 unspecified atom stereocenters. The van der Waals surface area contributed by atoms with Gasteiger partial charge in [0.15, 0.2) is 0 Å². The Morgan fingerprint density at radius 2 is 2.29 bits per heavy atom. The Bertz CT molecular complexity index is 258. The van der Waals surface area contributed by atoms with Crippen molar-refractivity contribution < 1.29 is 0 Å². The van der Waals surface area contributed by atoms with Gasteiger partial charge in [-0.25, -0.2) is 4.98 Å². The standard InChI is InChI=1S/C10H19N3S/c1-9-12-8-10(14-9)7-11-5-4-6-13(2)3/h8,11H,4-7H2,1-3H3. The van der Waals surface area contributed by atoms with Gasteiger partial charge in [-0.3, -0.25) is 0 Å². The van der Waals surface area contributed by atoms with Crippen LogP contribution in [0.25, 0.3) is 0 Å². The number of thiazole rings is 1. The monoisotopic (exact) mass is 213 g/mol. The number of nitrogens with zero attached hydrogens (tertiary/aromatic N) is 2. The zero-order valence-corrected chi connectivity index (χ0v) is 10.0. The maximum atomic E-state index is 4.21. The lowest BCUT2D eigenvalue weighted by Crippen LogP contribution is -2.20. The number of rotatable bonds is 6. The molecule has 0 saturated carbocycles. The first-order valence-electron chi connectivity index (χ1n) is 4.95. The van der Waals surface area contributed by atoms with E-state index in [1.165, 1.54) is 11.3 Å². The topological polar surface area (TPSA) is 28.2 Å². The van der Waals surface area contributed by atoms with E-state index >= 15 is 0 Å². The Kier molecular flexibility index (Phi) is 5.07. The third-order valence-electron chi connectivity index (χ3n) is 1.93. The molecule has 0 aliphatic heterocycles. The van der Waals surface area contributed by atoms with Crippen molar-refractivity contribution in [3.05, 3.63) is 16.1 Å². The molecule has 0 bridgehead atoms. The molecular formula is C10H19N3S. The van der Waals surface area contributed by atoms with Crippen LogP contribution in [0, 0.1) is 6.92 Å². The third kappa shape index (κ3) is 4.69. The number of nitrogens with one attached hydrogen (secondary N) is 1. The van der Waals surface area contributed by atoms with Crippen molar-refractivity contribution in [2.45, 2.75) is 19.9 Å². The van der Waals surface area contributed by atoms with Gasteiger partial charge in [-0.1, -0.05) is 0 Å². The van der Waals surface area contributed by atoms with Gasteiger partial charge in [0.1, 0.15) is 0 Å². The summed E-state index contributed by atoms with van der Waals surface area (Å²) in [5.41, 5.74) is 0. The Morgan fingerprint density at radius 3 is 2.86 bits per heavy atom. The first-order chi connectivity index (χ1) is 6.68. The minimum atomic E-state index is 0.957. The van der Waals surface area contributed by atoms with Gasteiger partial charge >= 0.3 is 0 Å². The second-order valence-corrected chi connectivity index (χ2v) is 5.00. The van der Waals surface area contributed by atoms with Crippen molar-refractivity contribution in [2.75, 3.05) is 27.2 Å². The summed E-state index contributed by atoms with van der Waals surface area (Å²) in [6, 6.07) is 0. The molecular weight excluding hydrogens is 194 g/mol. The molecule has 1 N–H and O–H groups in total. The minimum Gasteiger partial charge on any atom is -0.312 e. The van der Waals surface area contributed by atoms with Gasteiger partial charge in [0.05, 0.1) is 5.01 Å². The maximum absolute atomic E-state index is 4.21. The van der Waals surface area contributed by atoms with Crippen LogP contribution in [0.2, 0.25) is 0 Å². The van der Waals surface area contributed by atoms with Crippen LogP contribution in [0.4, 0.5) is 0 Å². The zero-order chi connectivity index (χ0) is 10.4. The molecule has 0 spiro atoms. The minimum absolute atomic E-state index is 0.957. The summed E-state index contributed by atoms with van der Waals surface area (Å²) in [4.78, 5) is 7.75. The molecule has 0 fully saturated rings. The summed E-state index contributed by atoms with van der Waals surface area (Å²) < 4.78 is 0. The number of aryl methyl sites for hydroxylation is 1. The van der Waals surface area contributed by atoms with E-state index in [4.69, 9.17) is 0 Å². The smallest absolute Gasteiger partial charge is 0.0897 e. The van der Waals surface area contributed by atoms with Crippen molar-refractivity contribution in [2.24, 2.45) is 0 Å². The summed E-state index contributed by atoms with van der Waals surface area (Å²) in [6.07, 6.45) is 3.16. The SMILES string of the molecule is Cc1ncc(CNCCCN(C)C)s1. The quantitative estimate of drug-likeness (QED) is 0.726. The summed E-state index contributed by atoms with van der Waals surface area (Å²) >= 11 is 1.77. The van der Waals surface area contributed by atoms with Crippen LogP contribution in [0.3, 0.4) is 0 Å². The van der Waals surface area contributed by atoms with Crippen molar-refractivity contribution >= 4 is 11.3 Å². The molecule has 0 atom stereocenters. The van der Waals surface area contributed by atoms with E-state index in [1.807, 2.05) is 13.1 Å². The van der Waals surface area contributed by atoms with Crippen LogP contribution in [0.1, 0.15) is 16.3 Å². The maximum Gasteiger partial charge on any atom is 0.0897 e. The Labute approximate surface area is 90.2 Å². The summed E-state index contributed by atoms with van der Waals surface area (Å²) in [7, 11) is 4.21. The molecule has 0 saturated heterocycles. The van der Waals surface area contributed by atoms with E-state index < -0.39 is 0 Å². The van der Waals surface area contributed by atoms with Crippen LogP contribution in [0.15, 0.2) is 6.20 Å². The van der Waals surface area contributed by atoms with Gasteiger partial charge in [-0.2, -0.15) is 0 Å². The van der Waals surface area contributed by atoms with Crippen LogP contribution in [0.5, 0.6) is 0 Å². The lowest BCUT2D eigenvalue weighted by molar-refractivity contribution is 0.394. The van der Waals surface area contributed by atoms with Crippen molar-refractivity contribution in [3.8, 4) is 0 Å². The van der Waals surface area contributed by atoms with E-state index in [0.717, 1.165) is 24.6 Å². The molecule has 0 aromatic carbocycles. The highest BCUT2D eigenvalue weighted by Gasteiger charge is 1.97. The van der Waals surface area contributed by atoms with Crippen molar-refractivity contribution in [3.63, 3.8) is 0 Å². The second kappa shape index (κ2) is 6.11. The molecule has 1 aromatic heterocycles. The zero-order valence-electron chi connectivity index (χ0n) is 9.21. The molecule has 0 aliphatic rings. The van der Waals surface area contributed by atoms with Crippen molar-refractivity contribution in [1.82, 2.24) is 15.2 Å². The molecule has 80 valence electrons. The average Bonchev–Trinajstić information content (AvgIpc) is 2.50. The fourth-order valence-corrected chi connectivity index (χ4v) is 1.98. The van der Waals surface area contributed by atoms with E-state index in [1.54, 1.807) is 11.3 Å². The van der Waals surface area contributed by atoms with Gasteiger partial charge in [0.25, 0.3) is 0 Å². The molecule has 1 heterocycles. The van der Waals surface area contributed by atoms with Crippen LogP contribution < -0.4 is 5.32 Å². The Balaban J connectivity index is 2.04. The highest BCUT2D eigenvalue weighted by molar-refractivity contribution is 7.11. The fraction of sp³-hybridized carbons (Fsp3) is 0.700. The first-order valence-corrected chi connectivity index (χ1v) is 5.77. The van der Waals surface area contributed by atoms with Crippen LogP contribution in [-0.2, 0) is 6.54 Å². The fourth-order valence-electron chi connectivity index (χ4n) is 1.22. The molecule has 3 nitrogen and oxygen atoms in total. The molecule has 4 heteroatoms. The summed E-state index contributed by atoms with van der Waals surface area (Å²) in [5.74, 6) is 0. The predicted octanol–water partition coefficient (Wildman–Crippen LogP) is 1.49. The average molecular weight is 213 g/mol. The number of aromatic nitrogens is 1. The predicted molar refractivity (Wildman–Crippen MR) is 61.7 cm³/mol. The molecule has 1 aromatic rings. The number of hydrogen-bond acceptors (Lipinski definition) is 4. The van der Waals surface area contributed by atoms with Crippen LogP contribution in [-0.4, -0.2) is 37.1 Å². The van der Waals surface area contributed by atoms with Gasteiger partial charge in [0, 0.05) is 17.6 Å². The Hall–Kier alpha value is -0.450. The molecule has 0 aliphatic carbocycles. The molecule has 1 rings (SSSR count). The molecule has 0 radical (unpaired) electrons. The van der Waals surface area contributed by atoms with Gasteiger partial charge < -0.3 is 10.2 Å². The Morgan fingerprint density at radius 1 is 1.50 bits per heavy atom. The normalized spacial score (nSPS) is 11.1. The number of hydrogen-bond donors (Lipinski definition) is 1. The van der Waals surface area contributed by atoms with E-state index in [9.17, 15) is 0 Å². The summed E-state index contributed by atoms with van der Waals surface area (Å²) in [5, 5.41) is 4.56. The van der Waals surface area contributed by atoms with Crippen LogP contribution >= 0.6 is 11.3 Å². The van der Waals surface area contributed by atoms with Crippen molar-refractivity contribution in [1.29, 1.82) is 0 Å². The lowest BCUT2D eigenvalue weighted by Gasteiger charge is -2.08. The third-order valence-corrected chi connectivity index (χ3v) is 2.84.